The summed E-state index contributed by atoms with van der Waals surface area (Å²) < 4.78 is 27.7. The van der Waals surface area contributed by atoms with Crippen LogP contribution in [0.15, 0.2) is 0 Å². The summed E-state index contributed by atoms with van der Waals surface area (Å²) in [6, 6.07) is -0.415. The second kappa shape index (κ2) is 4.78. The molecule has 0 amide bonds. The topological polar surface area (TPSA) is 95.4 Å². The van der Waals surface area contributed by atoms with Gasteiger partial charge in [0, 0.05) is 18.3 Å². The Labute approximate surface area is 91.1 Å². The molecule has 1 fully saturated rings. The van der Waals surface area contributed by atoms with Crippen molar-refractivity contribution in [2.24, 2.45) is 11.5 Å². The van der Waals surface area contributed by atoms with Crippen LogP contribution in [0.1, 0.15) is 19.8 Å². The largest absolute Gasteiger partial charge is 0.372 e. The molecule has 0 saturated carbocycles. The Bertz CT molecular complexity index is 304. The molecule has 0 aromatic carbocycles. The first-order chi connectivity index (χ1) is 6.79. The van der Waals surface area contributed by atoms with Crippen LogP contribution in [-0.2, 0) is 14.6 Å². The third kappa shape index (κ3) is 4.06. The van der Waals surface area contributed by atoms with E-state index in [1.165, 1.54) is 6.26 Å². The number of rotatable bonds is 3. The molecule has 1 aliphatic rings. The Morgan fingerprint density at radius 2 is 2.07 bits per heavy atom. The third-order valence-corrected chi connectivity index (χ3v) is 3.74. The molecule has 0 aromatic rings. The molecule has 0 spiro atoms. The van der Waals surface area contributed by atoms with Crippen LogP contribution in [0.4, 0.5) is 0 Å². The van der Waals surface area contributed by atoms with E-state index in [-0.39, 0.29) is 24.0 Å². The van der Waals surface area contributed by atoms with E-state index in [2.05, 4.69) is 0 Å². The highest BCUT2D eigenvalue weighted by atomic mass is 32.2. The van der Waals surface area contributed by atoms with Gasteiger partial charge in [0.05, 0.1) is 18.0 Å². The molecule has 4 atom stereocenters. The second-order valence-electron chi connectivity index (χ2n) is 4.38. The van der Waals surface area contributed by atoms with E-state index < -0.39 is 15.9 Å². The van der Waals surface area contributed by atoms with E-state index in [4.69, 9.17) is 16.2 Å². The molecule has 3 unspecified atom stereocenters. The maximum absolute atomic E-state index is 11.1. The lowest BCUT2D eigenvalue weighted by Crippen LogP contribution is -2.50. The fraction of sp³-hybridized carbons (Fsp3) is 1.00. The molecule has 1 aliphatic heterocycles. The molecule has 0 radical (unpaired) electrons. The summed E-state index contributed by atoms with van der Waals surface area (Å²) in [5, 5.41) is 0. The van der Waals surface area contributed by atoms with Gasteiger partial charge < -0.3 is 16.2 Å². The van der Waals surface area contributed by atoms with Crippen LogP contribution in [0.5, 0.6) is 0 Å². The minimum atomic E-state index is -3.04. The van der Waals surface area contributed by atoms with Gasteiger partial charge in [0.2, 0.25) is 0 Å². The van der Waals surface area contributed by atoms with Crippen molar-refractivity contribution in [1.82, 2.24) is 0 Å². The zero-order valence-electron chi connectivity index (χ0n) is 9.22. The van der Waals surface area contributed by atoms with E-state index in [0.717, 1.165) is 12.8 Å². The van der Waals surface area contributed by atoms with Crippen molar-refractivity contribution in [1.29, 1.82) is 0 Å². The predicted molar refractivity (Wildman–Crippen MR) is 59.2 cm³/mol. The van der Waals surface area contributed by atoms with Gasteiger partial charge in [0.25, 0.3) is 0 Å². The van der Waals surface area contributed by atoms with E-state index in [1.807, 2.05) is 6.92 Å². The van der Waals surface area contributed by atoms with Gasteiger partial charge in [-0.2, -0.15) is 0 Å². The molecule has 1 saturated heterocycles. The molecule has 1 rings (SSSR count). The zero-order chi connectivity index (χ0) is 11.6. The summed E-state index contributed by atoms with van der Waals surface area (Å²) in [5.74, 6) is -0.0282. The van der Waals surface area contributed by atoms with E-state index in [9.17, 15) is 8.42 Å². The van der Waals surface area contributed by atoms with E-state index in [0.29, 0.717) is 0 Å². The Hall–Kier alpha value is -0.170. The minimum Gasteiger partial charge on any atom is -0.372 e. The zero-order valence-corrected chi connectivity index (χ0v) is 10.0. The van der Waals surface area contributed by atoms with Crippen molar-refractivity contribution in [2.45, 2.75) is 44.1 Å². The maximum Gasteiger partial charge on any atom is 0.149 e. The summed E-state index contributed by atoms with van der Waals surface area (Å²) in [4.78, 5) is 0. The molecule has 6 heteroatoms. The molecule has 0 bridgehead atoms. The molecule has 90 valence electrons. The molecule has 0 aromatic heterocycles. The first-order valence-electron chi connectivity index (χ1n) is 5.14. The van der Waals surface area contributed by atoms with Gasteiger partial charge in [-0.05, 0) is 19.8 Å². The van der Waals surface area contributed by atoms with Crippen LogP contribution in [0.3, 0.4) is 0 Å². The number of hydrogen-bond donors (Lipinski definition) is 2. The number of hydrogen-bond acceptors (Lipinski definition) is 5. The monoisotopic (exact) mass is 236 g/mol. The van der Waals surface area contributed by atoms with Gasteiger partial charge in [0.15, 0.2) is 0 Å². The van der Waals surface area contributed by atoms with Gasteiger partial charge >= 0.3 is 0 Å². The number of sulfone groups is 1. The predicted octanol–water partition coefficient (Wildman–Crippen LogP) is -0.747. The van der Waals surface area contributed by atoms with Gasteiger partial charge in [-0.15, -0.1) is 0 Å². The highest BCUT2D eigenvalue weighted by molar-refractivity contribution is 7.90. The highest BCUT2D eigenvalue weighted by Gasteiger charge is 2.30. The van der Waals surface area contributed by atoms with Gasteiger partial charge in [-0.1, -0.05) is 0 Å². The lowest BCUT2D eigenvalue weighted by molar-refractivity contribution is -0.0589. The summed E-state index contributed by atoms with van der Waals surface area (Å²) in [5.41, 5.74) is 11.6. The molecule has 0 aliphatic carbocycles. The highest BCUT2D eigenvalue weighted by Crippen LogP contribution is 2.20. The van der Waals surface area contributed by atoms with Crippen molar-refractivity contribution >= 4 is 9.84 Å². The lowest BCUT2D eigenvalue weighted by Gasteiger charge is -2.35. The molecular weight excluding hydrogens is 216 g/mol. The van der Waals surface area contributed by atoms with E-state index >= 15 is 0 Å². The quantitative estimate of drug-likeness (QED) is 0.672. The fourth-order valence-corrected chi connectivity index (χ4v) is 2.72. The summed E-state index contributed by atoms with van der Waals surface area (Å²) >= 11 is 0. The lowest BCUT2D eigenvalue weighted by atomic mass is 9.97. The smallest absolute Gasteiger partial charge is 0.149 e. The van der Waals surface area contributed by atoms with Crippen molar-refractivity contribution < 1.29 is 13.2 Å². The first kappa shape index (κ1) is 12.9. The van der Waals surface area contributed by atoms with Gasteiger partial charge in [0.1, 0.15) is 9.84 Å². The Kier molecular flexibility index (Phi) is 4.11. The number of ether oxygens (including phenoxy) is 1. The van der Waals surface area contributed by atoms with Gasteiger partial charge in [-0.25, -0.2) is 8.42 Å². The van der Waals surface area contributed by atoms with Crippen LogP contribution in [-0.4, -0.2) is 44.7 Å². The average molecular weight is 236 g/mol. The molecule has 5 nitrogen and oxygen atoms in total. The van der Waals surface area contributed by atoms with Gasteiger partial charge in [-0.3, -0.25) is 0 Å². The minimum absolute atomic E-state index is 0.0282. The maximum atomic E-state index is 11.1. The Morgan fingerprint density at radius 3 is 2.53 bits per heavy atom. The van der Waals surface area contributed by atoms with Crippen molar-refractivity contribution in [3.05, 3.63) is 0 Å². The third-order valence-electron chi connectivity index (χ3n) is 2.75. The standard InChI is InChI=1S/C9H20N2O3S/c1-6-7(10)3-4-9(14-6)8(11)5-15(2,12)13/h6-9H,3-5,10-11H2,1-2H3/t6-,7?,8?,9?/m1/s1. The molecular formula is C9H20N2O3S. The van der Waals surface area contributed by atoms with E-state index in [1.54, 1.807) is 0 Å². The van der Waals surface area contributed by atoms with Crippen LogP contribution in [0, 0.1) is 0 Å². The SMILES string of the molecule is C[C@H]1OC(C(N)CS(C)(=O)=O)CCC1N. The molecule has 15 heavy (non-hydrogen) atoms. The van der Waals surface area contributed by atoms with Crippen LogP contribution in [0.25, 0.3) is 0 Å². The fourth-order valence-electron chi connectivity index (χ4n) is 1.81. The second-order valence-corrected chi connectivity index (χ2v) is 6.56. The average Bonchev–Trinajstić information content (AvgIpc) is 2.06. The van der Waals surface area contributed by atoms with Crippen LogP contribution in [0.2, 0.25) is 0 Å². The summed E-state index contributed by atoms with van der Waals surface area (Å²) in [6.45, 7) is 1.89. The normalized spacial score (nSPS) is 35.1. The summed E-state index contributed by atoms with van der Waals surface area (Å²) in [7, 11) is -3.04. The van der Waals surface area contributed by atoms with Crippen molar-refractivity contribution in [3.8, 4) is 0 Å². The van der Waals surface area contributed by atoms with Crippen molar-refractivity contribution in [2.75, 3.05) is 12.0 Å². The first-order valence-corrected chi connectivity index (χ1v) is 7.20. The Balaban J connectivity index is 2.51. The van der Waals surface area contributed by atoms with Crippen molar-refractivity contribution in [3.63, 3.8) is 0 Å². The Morgan fingerprint density at radius 1 is 1.47 bits per heavy atom. The molecule has 4 N–H and O–H groups in total. The molecule has 1 heterocycles. The van der Waals surface area contributed by atoms with Crippen LogP contribution < -0.4 is 11.5 Å². The van der Waals surface area contributed by atoms with Crippen LogP contribution >= 0.6 is 0 Å². The summed E-state index contributed by atoms with van der Waals surface area (Å²) in [6.07, 6.45) is 2.53. The number of nitrogens with two attached hydrogens (primary N) is 2.